The molecule has 0 unspecified atom stereocenters. The molecule has 0 saturated heterocycles. The minimum absolute atomic E-state index is 0.595. The van der Waals surface area contributed by atoms with Crippen molar-refractivity contribution in [2.24, 2.45) is 0 Å². The zero-order chi connectivity index (χ0) is 41.0. The van der Waals surface area contributed by atoms with E-state index in [1.165, 1.54) is 10.8 Å². The van der Waals surface area contributed by atoms with Gasteiger partial charge in [0.05, 0.1) is 11.0 Å². The van der Waals surface area contributed by atoms with Crippen molar-refractivity contribution in [1.82, 2.24) is 19.5 Å². The van der Waals surface area contributed by atoms with Gasteiger partial charge in [-0.3, -0.25) is 0 Å². The first-order valence-corrected chi connectivity index (χ1v) is 20.9. The van der Waals surface area contributed by atoms with Crippen molar-refractivity contribution in [2.45, 2.75) is 0 Å². The third kappa shape index (κ3) is 5.98. The van der Waals surface area contributed by atoms with E-state index >= 15 is 0 Å². The second-order valence-electron chi connectivity index (χ2n) is 15.5. The maximum Gasteiger partial charge on any atom is 0.164 e. The fourth-order valence-electron chi connectivity index (χ4n) is 9.03. The number of furan rings is 1. The summed E-state index contributed by atoms with van der Waals surface area (Å²) < 4.78 is 9.00. The maximum absolute atomic E-state index is 6.65. The summed E-state index contributed by atoms with van der Waals surface area (Å²) in [7, 11) is 0. The molecule has 5 nitrogen and oxygen atoms in total. The van der Waals surface area contributed by atoms with Crippen molar-refractivity contribution >= 4 is 43.7 Å². The summed E-state index contributed by atoms with van der Waals surface area (Å²) in [6.07, 6.45) is 0. The van der Waals surface area contributed by atoms with E-state index in [2.05, 4.69) is 187 Å². The van der Waals surface area contributed by atoms with Crippen molar-refractivity contribution in [3.63, 3.8) is 0 Å². The first-order valence-electron chi connectivity index (χ1n) is 20.9. The lowest BCUT2D eigenvalue weighted by atomic mass is 9.90. The van der Waals surface area contributed by atoms with Crippen LogP contribution >= 0.6 is 0 Å². The van der Waals surface area contributed by atoms with Gasteiger partial charge in [0.1, 0.15) is 11.2 Å². The van der Waals surface area contributed by atoms with E-state index in [4.69, 9.17) is 19.4 Å². The van der Waals surface area contributed by atoms with E-state index in [0.29, 0.717) is 17.5 Å². The summed E-state index contributed by atoms with van der Waals surface area (Å²) in [5.74, 6) is 1.82. The number of fused-ring (bicyclic) bond motifs is 7. The van der Waals surface area contributed by atoms with Crippen LogP contribution in [0.2, 0.25) is 0 Å². The lowest BCUT2D eigenvalue weighted by Gasteiger charge is -2.16. The number of aromatic nitrogens is 4. The van der Waals surface area contributed by atoms with Crippen molar-refractivity contribution in [3.8, 4) is 73.2 Å². The van der Waals surface area contributed by atoms with Crippen LogP contribution in [0.5, 0.6) is 0 Å². The average Bonchev–Trinajstić information content (AvgIpc) is 3.90. The van der Waals surface area contributed by atoms with Crippen LogP contribution in [0.3, 0.4) is 0 Å². The first kappa shape index (κ1) is 35.5. The number of hydrogen-bond acceptors (Lipinski definition) is 4. The Morgan fingerprint density at radius 2 is 0.823 bits per heavy atom. The lowest BCUT2D eigenvalue weighted by Crippen LogP contribution is -2.01. The monoisotopic (exact) mass is 792 g/mol. The standard InChI is InChI=1S/C57H36N4O/c1-5-17-37(18-6-1)43-25-13-14-26-44(43)40-29-31-45(47(35-40)57-59-55(38-19-7-2-8-20-38)58-56(60-57)39-21-9-3-10-22-39)41-30-33-51-48(36-41)54-52(62-51)34-32-50-53(54)46-27-15-16-28-49(46)61(50)42-23-11-4-12-24-42/h1-36H. The average molecular weight is 793 g/mol. The number of para-hydroxylation sites is 2. The minimum atomic E-state index is 0.595. The highest BCUT2D eigenvalue weighted by Gasteiger charge is 2.22. The highest BCUT2D eigenvalue weighted by molar-refractivity contribution is 6.27. The number of rotatable bonds is 7. The van der Waals surface area contributed by atoms with Gasteiger partial charge in [-0.05, 0) is 81.9 Å². The van der Waals surface area contributed by atoms with Crippen LogP contribution in [-0.4, -0.2) is 19.5 Å². The molecule has 12 rings (SSSR count). The van der Waals surface area contributed by atoms with Crippen LogP contribution < -0.4 is 0 Å². The van der Waals surface area contributed by atoms with E-state index in [9.17, 15) is 0 Å². The highest BCUT2D eigenvalue weighted by atomic mass is 16.3. The van der Waals surface area contributed by atoms with Gasteiger partial charge in [-0.15, -0.1) is 0 Å². The van der Waals surface area contributed by atoms with E-state index in [-0.39, 0.29) is 0 Å². The summed E-state index contributed by atoms with van der Waals surface area (Å²) >= 11 is 0. The molecule has 0 atom stereocenters. The Kier molecular flexibility index (Phi) is 8.42. The van der Waals surface area contributed by atoms with E-state index in [0.717, 1.165) is 88.7 Å². The topological polar surface area (TPSA) is 56.7 Å². The molecule has 290 valence electrons. The summed E-state index contributed by atoms with van der Waals surface area (Å²) in [5.41, 5.74) is 14.4. The van der Waals surface area contributed by atoms with Crippen LogP contribution in [0.25, 0.3) is 117 Å². The van der Waals surface area contributed by atoms with E-state index in [1.54, 1.807) is 0 Å². The Morgan fingerprint density at radius 1 is 0.306 bits per heavy atom. The Balaban J connectivity index is 1.12. The van der Waals surface area contributed by atoms with E-state index < -0.39 is 0 Å². The third-order valence-corrected chi connectivity index (χ3v) is 11.9. The summed E-state index contributed by atoms with van der Waals surface area (Å²) in [6.45, 7) is 0. The van der Waals surface area contributed by atoms with Gasteiger partial charge in [0, 0.05) is 43.9 Å². The Labute approximate surface area is 357 Å². The molecule has 3 heterocycles. The predicted molar refractivity (Wildman–Crippen MR) is 254 cm³/mol. The van der Waals surface area contributed by atoms with Crippen LogP contribution in [-0.2, 0) is 0 Å². The molecule has 0 amide bonds. The molecule has 3 aromatic heterocycles. The Bertz CT molecular complexity index is 3560. The largest absolute Gasteiger partial charge is 0.456 e. The molecule has 5 heteroatoms. The van der Waals surface area contributed by atoms with Crippen LogP contribution in [0.4, 0.5) is 0 Å². The van der Waals surface area contributed by atoms with Gasteiger partial charge in [0.15, 0.2) is 17.5 Å². The minimum Gasteiger partial charge on any atom is -0.456 e. The lowest BCUT2D eigenvalue weighted by molar-refractivity contribution is 0.669. The molecule has 12 aromatic rings. The zero-order valence-electron chi connectivity index (χ0n) is 33.5. The molecular weight excluding hydrogens is 757 g/mol. The van der Waals surface area contributed by atoms with Gasteiger partial charge < -0.3 is 8.98 Å². The number of benzene rings is 9. The second kappa shape index (κ2) is 14.7. The summed E-state index contributed by atoms with van der Waals surface area (Å²) in [4.78, 5) is 15.6. The van der Waals surface area contributed by atoms with Gasteiger partial charge in [0.2, 0.25) is 0 Å². The molecule has 9 aromatic carbocycles. The third-order valence-electron chi connectivity index (χ3n) is 11.9. The molecule has 0 bridgehead atoms. The van der Waals surface area contributed by atoms with Crippen LogP contribution in [0.1, 0.15) is 0 Å². The van der Waals surface area contributed by atoms with Gasteiger partial charge in [-0.2, -0.15) is 0 Å². The van der Waals surface area contributed by atoms with Gasteiger partial charge in [-0.1, -0.05) is 170 Å². The second-order valence-corrected chi connectivity index (χ2v) is 15.5. The molecule has 62 heavy (non-hydrogen) atoms. The van der Waals surface area contributed by atoms with Crippen LogP contribution in [0, 0.1) is 0 Å². The summed E-state index contributed by atoms with van der Waals surface area (Å²) in [5, 5.41) is 4.50. The van der Waals surface area contributed by atoms with Crippen LogP contribution in [0.15, 0.2) is 223 Å². The van der Waals surface area contributed by atoms with Gasteiger partial charge >= 0.3 is 0 Å². The Hall–Kier alpha value is -8.41. The van der Waals surface area contributed by atoms with Crippen molar-refractivity contribution in [1.29, 1.82) is 0 Å². The molecule has 0 saturated carbocycles. The highest BCUT2D eigenvalue weighted by Crippen LogP contribution is 2.44. The molecule has 0 N–H and O–H groups in total. The fraction of sp³-hybridized carbons (Fsp3) is 0. The van der Waals surface area contributed by atoms with Crippen molar-refractivity contribution in [2.75, 3.05) is 0 Å². The van der Waals surface area contributed by atoms with Crippen molar-refractivity contribution in [3.05, 3.63) is 218 Å². The van der Waals surface area contributed by atoms with E-state index in [1.807, 2.05) is 36.4 Å². The molecule has 0 fully saturated rings. The Morgan fingerprint density at radius 3 is 1.52 bits per heavy atom. The fourth-order valence-corrected chi connectivity index (χ4v) is 9.03. The predicted octanol–water partition coefficient (Wildman–Crippen LogP) is 14.9. The molecule has 0 aliphatic rings. The smallest absolute Gasteiger partial charge is 0.164 e. The molecular formula is C57H36N4O. The van der Waals surface area contributed by atoms with Gasteiger partial charge in [-0.25, -0.2) is 15.0 Å². The summed E-state index contributed by atoms with van der Waals surface area (Å²) in [6, 6.07) is 76.2. The first-order chi connectivity index (χ1) is 30.7. The maximum atomic E-state index is 6.65. The van der Waals surface area contributed by atoms with Gasteiger partial charge in [0.25, 0.3) is 0 Å². The molecule has 0 radical (unpaired) electrons. The quantitative estimate of drug-likeness (QED) is 0.161. The normalized spacial score (nSPS) is 11.5. The number of hydrogen-bond donors (Lipinski definition) is 0. The van der Waals surface area contributed by atoms with Crippen molar-refractivity contribution < 1.29 is 4.42 Å². The SMILES string of the molecule is c1ccc(-c2nc(-c3ccccc3)nc(-c3cc(-c4ccccc4-c4ccccc4)ccc3-c3ccc4oc5ccc6c(c7ccccc7n6-c6ccccc6)c5c4c3)n2)cc1. The zero-order valence-corrected chi connectivity index (χ0v) is 33.5. The molecule has 0 aliphatic heterocycles. The number of nitrogens with zero attached hydrogens (tertiary/aromatic N) is 4. The molecule has 0 spiro atoms. The molecule has 0 aliphatic carbocycles.